The van der Waals surface area contributed by atoms with Crippen LogP contribution in [0.25, 0.3) is 16.5 Å². The van der Waals surface area contributed by atoms with Crippen LogP contribution in [0.1, 0.15) is 33.3 Å². The molecule has 0 aliphatic carbocycles. The number of benzene rings is 2. The second kappa shape index (κ2) is 9.82. The Hall–Kier alpha value is -4.19. The minimum absolute atomic E-state index is 0.00588. The summed E-state index contributed by atoms with van der Waals surface area (Å²) in [5.41, 5.74) is -1.67. The molecule has 1 N–H and O–H groups in total. The summed E-state index contributed by atoms with van der Waals surface area (Å²) in [6.07, 6.45) is -4.57. The maximum Gasteiger partial charge on any atom is 0.416 e. The summed E-state index contributed by atoms with van der Waals surface area (Å²) in [6.45, 7) is 1.62. The van der Waals surface area contributed by atoms with Gasteiger partial charge in [0.1, 0.15) is 10.8 Å². The van der Waals surface area contributed by atoms with E-state index in [1.807, 2.05) is 0 Å². The van der Waals surface area contributed by atoms with Gasteiger partial charge in [-0.1, -0.05) is 12.1 Å². The van der Waals surface area contributed by atoms with E-state index >= 15 is 0 Å². The molecule has 0 aliphatic heterocycles. The number of thiophene rings is 1. The number of methoxy groups -OCH3 is 1. The van der Waals surface area contributed by atoms with E-state index in [1.54, 1.807) is 25.1 Å². The fourth-order valence-electron chi connectivity index (χ4n) is 3.46. The lowest BCUT2D eigenvalue weighted by molar-refractivity contribution is -0.137. The molecule has 4 rings (SSSR count). The van der Waals surface area contributed by atoms with E-state index < -0.39 is 29.2 Å². The van der Waals surface area contributed by atoms with Crippen molar-refractivity contribution in [3.05, 3.63) is 81.1 Å². The highest BCUT2D eigenvalue weighted by Crippen LogP contribution is 2.33. The van der Waals surface area contributed by atoms with Gasteiger partial charge in [-0.15, -0.1) is 11.3 Å². The minimum atomic E-state index is -4.57. The Morgan fingerprint density at radius 2 is 1.81 bits per heavy atom. The number of alkyl halides is 3. The number of rotatable bonds is 6. The summed E-state index contributed by atoms with van der Waals surface area (Å²) in [5.74, 6) is -1.08. The van der Waals surface area contributed by atoms with Gasteiger partial charge in [0, 0.05) is 10.8 Å². The Labute approximate surface area is 205 Å². The lowest BCUT2D eigenvalue weighted by atomic mass is 10.1. The van der Waals surface area contributed by atoms with E-state index in [4.69, 9.17) is 9.47 Å². The van der Waals surface area contributed by atoms with Gasteiger partial charge in [-0.25, -0.2) is 4.79 Å². The highest BCUT2D eigenvalue weighted by molar-refractivity contribution is 7.16. The number of fused-ring (bicyclic) bond motifs is 1. The van der Waals surface area contributed by atoms with Gasteiger partial charge in [-0.2, -0.15) is 23.0 Å². The molecule has 2 aromatic heterocycles. The summed E-state index contributed by atoms with van der Waals surface area (Å²) in [4.78, 5) is 39.0. The van der Waals surface area contributed by atoms with Crippen LogP contribution in [-0.4, -0.2) is 35.4 Å². The molecule has 8 nitrogen and oxygen atoms in total. The first kappa shape index (κ1) is 24.9. The van der Waals surface area contributed by atoms with Crippen molar-refractivity contribution in [2.75, 3.05) is 19.0 Å². The van der Waals surface area contributed by atoms with Gasteiger partial charge in [-0.05, 0) is 43.3 Å². The normalized spacial score (nSPS) is 11.4. The van der Waals surface area contributed by atoms with Gasteiger partial charge in [0.15, 0.2) is 5.69 Å². The third kappa shape index (κ3) is 4.67. The monoisotopic (exact) mass is 517 g/mol. The summed E-state index contributed by atoms with van der Waals surface area (Å²) in [6, 6.07) is 10.2. The van der Waals surface area contributed by atoms with Crippen molar-refractivity contribution in [2.45, 2.75) is 13.1 Å². The molecule has 4 aromatic rings. The Bertz CT molecular complexity index is 1510. The Morgan fingerprint density at radius 3 is 2.44 bits per heavy atom. The second-order valence-corrected chi connectivity index (χ2v) is 8.22. The van der Waals surface area contributed by atoms with Crippen molar-refractivity contribution >= 4 is 39.0 Å². The molecule has 12 heteroatoms. The number of anilines is 1. The zero-order chi connectivity index (χ0) is 26.0. The quantitative estimate of drug-likeness (QED) is 0.365. The maximum absolute atomic E-state index is 13.4. The summed E-state index contributed by atoms with van der Waals surface area (Å²) < 4.78 is 50.1. The number of amides is 1. The van der Waals surface area contributed by atoms with Crippen molar-refractivity contribution in [1.82, 2.24) is 9.78 Å². The van der Waals surface area contributed by atoms with Gasteiger partial charge >= 0.3 is 12.1 Å². The van der Waals surface area contributed by atoms with Gasteiger partial charge in [0.2, 0.25) is 0 Å². The molecule has 36 heavy (non-hydrogen) atoms. The topological polar surface area (TPSA) is 99.5 Å². The number of hydrogen-bond acceptors (Lipinski definition) is 7. The zero-order valence-corrected chi connectivity index (χ0v) is 19.7. The van der Waals surface area contributed by atoms with E-state index in [0.29, 0.717) is 5.75 Å². The smallest absolute Gasteiger partial charge is 0.416 e. The number of aromatic nitrogens is 2. The third-order valence-electron chi connectivity index (χ3n) is 5.14. The van der Waals surface area contributed by atoms with Gasteiger partial charge in [-0.3, -0.25) is 9.59 Å². The lowest BCUT2D eigenvalue weighted by Gasteiger charge is -2.12. The molecule has 0 atom stereocenters. The highest BCUT2D eigenvalue weighted by atomic mass is 32.1. The first-order valence-corrected chi connectivity index (χ1v) is 11.4. The fourth-order valence-corrected chi connectivity index (χ4v) is 4.39. The summed E-state index contributed by atoms with van der Waals surface area (Å²) >= 11 is 0.990. The number of hydrogen-bond donors (Lipinski definition) is 1. The second-order valence-electron chi connectivity index (χ2n) is 7.34. The Kier molecular flexibility index (Phi) is 6.80. The number of halogens is 3. The van der Waals surface area contributed by atoms with E-state index in [-0.39, 0.29) is 39.3 Å². The number of para-hydroxylation sites is 1. The van der Waals surface area contributed by atoms with Gasteiger partial charge in [0.25, 0.3) is 11.5 Å². The van der Waals surface area contributed by atoms with Crippen molar-refractivity contribution in [1.29, 1.82) is 0 Å². The number of esters is 1. The average molecular weight is 517 g/mol. The molecule has 0 saturated carbocycles. The van der Waals surface area contributed by atoms with Crippen LogP contribution in [0.15, 0.2) is 58.7 Å². The number of carbonyl (C=O) groups excluding carboxylic acids is 2. The molecule has 0 unspecified atom stereocenters. The van der Waals surface area contributed by atoms with Crippen LogP contribution < -0.4 is 15.6 Å². The molecule has 2 aromatic carbocycles. The van der Waals surface area contributed by atoms with E-state index in [2.05, 4.69) is 10.4 Å². The molecular formula is C24H18F3N3O5S. The predicted molar refractivity (Wildman–Crippen MR) is 127 cm³/mol. The van der Waals surface area contributed by atoms with Gasteiger partial charge in [0.05, 0.1) is 35.9 Å². The van der Waals surface area contributed by atoms with Gasteiger partial charge < -0.3 is 14.8 Å². The van der Waals surface area contributed by atoms with E-state index in [1.165, 1.54) is 18.6 Å². The van der Waals surface area contributed by atoms with Crippen molar-refractivity contribution in [3.63, 3.8) is 0 Å². The first-order chi connectivity index (χ1) is 17.2. The standard InChI is InChI=1S/C24H18F3N3O5S/c1-3-35-23(33)19-16-12-36-21(28-20(31)15-6-4-5-7-17(15)34-2)18(16)22(32)30(29-19)14-10-8-13(9-11-14)24(25,26)27/h4-12H,3H2,1-2H3,(H,28,31). The fraction of sp³-hybridized carbons (Fsp3) is 0.167. The largest absolute Gasteiger partial charge is 0.496 e. The number of ether oxygens (including phenoxy) is 2. The Balaban J connectivity index is 1.87. The first-order valence-electron chi connectivity index (χ1n) is 10.5. The predicted octanol–water partition coefficient (Wildman–Crippen LogP) is 4.90. The van der Waals surface area contributed by atoms with Crippen molar-refractivity contribution < 1.29 is 32.2 Å². The molecule has 2 heterocycles. The Morgan fingerprint density at radius 1 is 1.11 bits per heavy atom. The summed E-state index contributed by atoms with van der Waals surface area (Å²) in [7, 11) is 1.41. The number of nitrogens with zero attached hydrogens (tertiary/aromatic N) is 2. The van der Waals surface area contributed by atoms with Crippen LogP contribution in [0.5, 0.6) is 5.75 Å². The molecule has 0 aliphatic rings. The zero-order valence-electron chi connectivity index (χ0n) is 18.9. The molecule has 0 fully saturated rings. The van der Waals surface area contributed by atoms with E-state index in [9.17, 15) is 27.6 Å². The molecule has 1 amide bonds. The molecule has 0 radical (unpaired) electrons. The van der Waals surface area contributed by atoms with Crippen LogP contribution in [-0.2, 0) is 10.9 Å². The lowest BCUT2D eigenvalue weighted by Crippen LogP contribution is -2.25. The van der Waals surface area contributed by atoms with Crippen LogP contribution in [0.2, 0.25) is 0 Å². The third-order valence-corrected chi connectivity index (χ3v) is 6.03. The van der Waals surface area contributed by atoms with Crippen molar-refractivity contribution in [3.8, 4) is 11.4 Å². The van der Waals surface area contributed by atoms with E-state index in [0.717, 1.165) is 40.3 Å². The number of nitrogens with one attached hydrogen (secondary N) is 1. The van der Waals surface area contributed by atoms with Crippen molar-refractivity contribution in [2.24, 2.45) is 0 Å². The van der Waals surface area contributed by atoms with Crippen LogP contribution in [0, 0.1) is 0 Å². The van der Waals surface area contributed by atoms with Crippen LogP contribution in [0.4, 0.5) is 18.2 Å². The SMILES string of the molecule is CCOC(=O)c1nn(-c2ccc(C(F)(F)F)cc2)c(=O)c2c(NC(=O)c3ccccc3OC)scc12. The maximum atomic E-state index is 13.4. The molecular weight excluding hydrogens is 499 g/mol. The van der Waals surface area contributed by atoms with Crippen LogP contribution in [0.3, 0.4) is 0 Å². The highest BCUT2D eigenvalue weighted by Gasteiger charge is 2.30. The molecule has 0 saturated heterocycles. The average Bonchev–Trinajstić information content (AvgIpc) is 3.28. The van der Waals surface area contributed by atoms with Crippen LogP contribution >= 0.6 is 11.3 Å². The molecule has 186 valence electrons. The number of carbonyl (C=O) groups is 2. The summed E-state index contributed by atoms with van der Waals surface area (Å²) in [5, 5.41) is 8.44. The minimum Gasteiger partial charge on any atom is -0.496 e. The molecule has 0 bridgehead atoms. The molecule has 0 spiro atoms.